The summed E-state index contributed by atoms with van der Waals surface area (Å²) >= 11 is 0. The van der Waals surface area contributed by atoms with Gasteiger partial charge in [-0.05, 0) is 29.5 Å². The Bertz CT molecular complexity index is 1410. The number of rotatable bonds is 4. The van der Waals surface area contributed by atoms with Gasteiger partial charge in [-0.1, -0.05) is 39.0 Å². The molecule has 40 heavy (non-hydrogen) atoms. The molecular formula is C27H27F3N6O4. The number of hydrogen-bond donors (Lipinski definition) is 3. The highest BCUT2D eigenvalue weighted by atomic mass is 19.4. The van der Waals surface area contributed by atoms with E-state index in [-0.39, 0.29) is 25.3 Å². The van der Waals surface area contributed by atoms with Crippen LogP contribution >= 0.6 is 0 Å². The number of halogens is 3. The van der Waals surface area contributed by atoms with E-state index in [0.717, 1.165) is 12.3 Å². The SMILES string of the molecule is CC(C)(C)C[C@H](NC(=O)C(=O)Nc1ccncc1C(F)(F)F)C(=O)N1C[C@]2(C[C@H]1C#N)C(=O)Nc1ccccc12. The Kier molecular flexibility index (Phi) is 7.32. The average molecular weight is 557 g/mol. The highest BCUT2D eigenvalue weighted by Crippen LogP contribution is 2.46. The monoisotopic (exact) mass is 556 g/mol. The van der Waals surface area contributed by atoms with Gasteiger partial charge in [0, 0.05) is 31.0 Å². The lowest BCUT2D eigenvalue weighted by atomic mass is 9.80. The molecule has 1 fully saturated rings. The number of amides is 4. The molecule has 0 saturated carbocycles. The van der Waals surface area contributed by atoms with E-state index in [1.54, 1.807) is 45.0 Å². The Morgan fingerprint density at radius 3 is 2.55 bits per heavy atom. The molecule has 3 atom stereocenters. The first-order chi connectivity index (χ1) is 18.7. The van der Waals surface area contributed by atoms with Crippen LogP contribution in [-0.2, 0) is 30.8 Å². The van der Waals surface area contributed by atoms with Crippen LogP contribution in [-0.4, -0.2) is 52.1 Å². The highest BCUT2D eigenvalue weighted by Gasteiger charge is 2.56. The van der Waals surface area contributed by atoms with E-state index in [1.165, 1.54) is 4.90 Å². The maximum absolute atomic E-state index is 13.8. The van der Waals surface area contributed by atoms with E-state index < -0.39 is 58.1 Å². The van der Waals surface area contributed by atoms with Crippen LogP contribution in [0.3, 0.4) is 0 Å². The van der Waals surface area contributed by atoms with Crippen LogP contribution in [0.1, 0.15) is 44.7 Å². The molecular weight excluding hydrogens is 529 g/mol. The summed E-state index contributed by atoms with van der Waals surface area (Å²) in [5.74, 6) is -3.78. The number of para-hydroxylation sites is 1. The summed E-state index contributed by atoms with van der Waals surface area (Å²) in [5, 5.41) is 16.9. The Morgan fingerprint density at radius 2 is 1.90 bits per heavy atom. The van der Waals surface area contributed by atoms with Crippen LogP contribution < -0.4 is 16.0 Å². The number of nitrogens with one attached hydrogen (secondary N) is 3. The van der Waals surface area contributed by atoms with Crippen LogP contribution in [0.5, 0.6) is 0 Å². The van der Waals surface area contributed by atoms with E-state index in [2.05, 4.69) is 21.7 Å². The van der Waals surface area contributed by atoms with Crippen LogP contribution in [0.25, 0.3) is 0 Å². The van der Waals surface area contributed by atoms with Gasteiger partial charge in [-0.15, -0.1) is 0 Å². The van der Waals surface area contributed by atoms with Gasteiger partial charge in [-0.2, -0.15) is 18.4 Å². The van der Waals surface area contributed by atoms with Crippen molar-refractivity contribution in [3.63, 3.8) is 0 Å². The zero-order valence-corrected chi connectivity index (χ0v) is 21.9. The van der Waals surface area contributed by atoms with Crippen molar-refractivity contribution >= 4 is 35.0 Å². The second kappa shape index (κ2) is 10.3. The molecule has 0 aliphatic carbocycles. The third-order valence-electron chi connectivity index (χ3n) is 6.92. The van der Waals surface area contributed by atoms with Crippen LogP contribution in [0.15, 0.2) is 42.7 Å². The summed E-state index contributed by atoms with van der Waals surface area (Å²) in [6.45, 7) is 5.25. The van der Waals surface area contributed by atoms with Gasteiger partial charge in [0.15, 0.2) is 0 Å². The Balaban J connectivity index is 1.57. The van der Waals surface area contributed by atoms with Crippen molar-refractivity contribution in [3.05, 3.63) is 53.9 Å². The molecule has 1 saturated heterocycles. The van der Waals surface area contributed by atoms with Gasteiger partial charge >= 0.3 is 18.0 Å². The van der Waals surface area contributed by atoms with E-state index in [9.17, 15) is 37.6 Å². The second-order valence-electron chi connectivity index (χ2n) is 11.1. The largest absolute Gasteiger partial charge is 0.419 e. The van der Waals surface area contributed by atoms with Crippen molar-refractivity contribution in [2.45, 2.75) is 57.3 Å². The summed E-state index contributed by atoms with van der Waals surface area (Å²) in [6, 6.07) is 7.65. The average Bonchev–Trinajstić information content (AvgIpc) is 3.40. The third-order valence-corrected chi connectivity index (χ3v) is 6.92. The summed E-state index contributed by atoms with van der Waals surface area (Å²) in [7, 11) is 0. The zero-order valence-electron chi connectivity index (χ0n) is 21.9. The number of fused-ring (bicyclic) bond motifs is 2. The number of hydrogen-bond acceptors (Lipinski definition) is 6. The molecule has 3 N–H and O–H groups in total. The fraction of sp³-hybridized carbons (Fsp3) is 0.407. The molecule has 1 spiro atoms. The Hall–Kier alpha value is -4.47. The van der Waals surface area contributed by atoms with Crippen molar-refractivity contribution in [2.75, 3.05) is 17.2 Å². The summed E-state index contributed by atoms with van der Waals surface area (Å²) in [5.41, 5.74) is -2.37. The van der Waals surface area contributed by atoms with Gasteiger partial charge in [0.25, 0.3) is 0 Å². The molecule has 4 amide bonds. The maximum Gasteiger partial charge on any atom is 0.419 e. The molecule has 2 aliphatic rings. The lowest BCUT2D eigenvalue weighted by Crippen LogP contribution is -2.53. The molecule has 2 aromatic rings. The molecule has 13 heteroatoms. The summed E-state index contributed by atoms with van der Waals surface area (Å²) in [4.78, 5) is 56.9. The van der Waals surface area contributed by atoms with Crippen LogP contribution in [0, 0.1) is 16.7 Å². The zero-order chi connectivity index (χ0) is 29.5. The van der Waals surface area contributed by atoms with Crippen LogP contribution in [0.2, 0.25) is 0 Å². The standard InChI is InChI=1S/C27H27F3N6O4/c1-25(2,3)11-20(34-22(38)21(37)33-19-8-9-32-13-17(19)27(28,29)30)23(39)36-14-26(10-15(36)12-31)16-6-4-5-7-18(16)35-24(26)40/h4-9,13,15,20H,10-11,14H2,1-3H3,(H,34,38)(H,35,40)(H,32,33,37)/t15-,20-,26-/m0/s1. The van der Waals surface area contributed by atoms with E-state index in [0.29, 0.717) is 17.4 Å². The lowest BCUT2D eigenvalue weighted by molar-refractivity contribution is -0.141. The maximum atomic E-state index is 13.8. The Labute approximate surface area is 227 Å². The first-order valence-corrected chi connectivity index (χ1v) is 12.4. The second-order valence-corrected chi connectivity index (χ2v) is 11.1. The minimum Gasteiger partial charge on any atom is -0.336 e. The number of carbonyl (C=O) groups excluding carboxylic acids is 4. The number of carbonyl (C=O) groups is 4. The van der Waals surface area contributed by atoms with Crippen molar-refractivity contribution in [3.8, 4) is 6.07 Å². The molecule has 1 aromatic carbocycles. The molecule has 3 heterocycles. The molecule has 210 valence electrons. The fourth-order valence-corrected chi connectivity index (χ4v) is 5.13. The predicted octanol–water partition coefficient (Wildman–Crippen LogP) is 2.97. The molecule has 4 rings (SSSR count). The molecule has 0 unspecified atom stereocenters. The smallest absolute Gasteiger partial charge is 0.336 e. The van der Waals surface area contributed by atoms with Crippen molar-refractivity contribution < 1.29 is 32.3 Å². The topological polar surface area (TPSA) is 144 Å². The van der Waals surface area contributed by atoms with Crippen molar-refractivity contribution in [1.29, 1.82) is 5.26 Å². The van der Waals surface area contributed by atoms with E-state index >= 15 is 0 Å². The minimum absolute atomic E-state index is 0.0387. The van der Waals surface area contributed by atoms with Crippen molar-refractivity contribution in [1.82, 2.24) is 15.2 Å². The number of benzene rings is 1. The highest BCUT2D eigenvalue weighted by molar-refractivity contribution is 6.40. The number of aromatic nitrogens is 1. The first kappa shape index (κ1) is 28.5. The number of alkyl halides is 3. The van der Waals surface area contributed by atoms with Crippen LogP contribution in [0.4, 0.5) is 24.5 Å². The van der Waals surface area contributed by atoms with Gasteiger partial charge < -0.3 is 20.9 Å². The quantitative estimate of drug-likeness (QED) is 0.494. The van der Waals surface area contributed by atoms with Crippen molar-refractivity contribution in [2.24, 2.45) is 5.41 Å². The van der Waals surface area contributed by atoms with Gasteiger partial charge in [0.05, 0.1) is 22.7 Å². The van der Waals surface area contributed by atoms with Gasteiger partial charge in [0.1, 0.15) is 12.1 Å². The number of nitrogens with zero attached hydrogens (tertiary/aromatic N) is 3. The first-order valence-electron chi connectivity index (χ1n) is 12.4. The molecule has 1 aromatic heterocycles. The van der Waals surface area contributed by atoms with E-state index in [4.69, 9.17) is 0 Å². The molecule has 2 aliphatic heterocycles. The van der Waals surface area contributed by atoms with Gasteiger partial charge in [0.2, 0.25) is 11.8 Å². The number of pyridine rings is 1. The van der Waals surface area contributed by atoms with E-state index in [1.807, 2.05) is 5.32 Å². The number of anilines is 2. The number of likely N-dealkylation sites (tertiary alicyclic amines) is 1. The normalized spacial score (nSPS) is 20.9. The summed E-state index contributed by atoms with van der Waals surface area (Å²) < 4.78 is 39.9. The fourth-order valence-electron chi connectivity index (χ4n) is 5.13. The predicted molar refractivity (Wildman–Crippen MR) is 136 cm³/mol. The Morgan fingerprint density at radius 1 is 1.20 bits per heavy atom. The minimum atomic E-state index is -4.83. The molecule has 10 nitrogen and oxygen atoms in total. The lowest BCUT2D eigenvalue weighted by Gasteiger charge is -2.31. The van der Waals surface area contributed by atoms with Gasteiger partial charge in [-0.3, -0.25) is 24.2 Å². The summed E-state index contributed by atoms with van der Waals surface area (Å²) in [6.07, 6.45) is -3.21. The molecule has 0 radical (unpaired) electrons. The number of nitriles is 1. The molecule has 0 bridgehead atoms. The third kappa shape index (κ3) is 5.47. The van der Waals surface area contributed by atoms with Gasteiger partial charge in [-0.25, -0.2) is 0 Å².